The minimum Gasteiger partial charge on any atom is -0.458 e. The topological polar surface area (TPSA) is 86.5 Å². The molecule has 0 aliphatic carbocycles. The van der Waals surface area contributed by atoms with Gasteiger partial charge >= 0.3 is 5.97 Å². The molecule has 0 saturated heterocycles. The van der Waals surface area contributed by atoms with E-state index in [0.29, 0.717) is 12.8 Å². The maximum absolute atomic E-state index is 13.3. The standard InChI is InChI=1S/C43H75NO4/c1-6-8-10-12-14-16-18-20-22-24-26-28-30-32-34-36-39(45)38-43(44,41(47)48-42(3,4)5)40(46)37-35-33-31-29-27-25-23-21-19-17-15-13-11-9-7-2/h14-17,20-23H,6-13,18-19,24-38,44H2,1-5H3/b16-14-,17-15-,22-20-,23-21-. The predicted octanol–water partition coefficient (Wildman–Crippen LogP) is 12.2. The number of allylic oxidation sites excluding steroid dienone is 8. The van der Waals surface area contributed by atoms with Crippen LogP contribution in [0.2, 0.25) is 0 Å². The number of ketones is 2. The second-order valence-corrected chi connectivity index (χ2v) is 14.6. The molecule has 0 rings (SSSR count). The molecule has 0 aliphatic rings. The van der Waals surface area contributed by atoms with Crippen molar-refractivity contribution in [2.24, 2.45) is 5.73 Å². The molecule has 48 heavy (non-hydrogen) atoms. The first-order valence-electron chi connectivity index (χ1n) is 19.7. The minimum atomic E-state index is -1.91. The van der Waals surface area contributed by atoms with E-state index in [1.54, 1.807) is 20.8 Å². The van der Waals surface area contributed by atoms with Crippen molar-refractivity contribution in [1.82, 2.24) is 0 Å². The summed E-state index contributed by atoms with van der Waals surface area (Å²) in [4.78, 5) is 39.3. The van der Waals surface area contributed by atoms with E-state index in [1.165, 1.54) is 51.4 Å². The van der Waals surface area contributed by atoms with Crippen molar-refractivity contribution in [1.29, 1.82) is 0 Å². The van der Waals surface area contributed by atoms with Gasteiger partial charge < -0.3 is 10.5 Å². The average Bonchev–Trinajstić information content (AvgIpc) is 3.03. The highest BCUT2D eigenvalue weighted by molar-refractivity contribution is 6.11. The van der Waals surface area contributed by atoms with Crippen LogP contribution in [0.5, 0.6) is 0 Å². The number of hydrogen-bond acceptors (Lipinski definition) is 5. The highest BCUT2D eigenvalue weighted by Gasteiger charge is 2.45. The molecule has 0 bridgehead atoms. The lowest BCUT2D eigenvalue weighted by Crippen LogP contribution is -2.58. The van der Waals surface area contributed by atoms with Gasteiger partial charge in [-0.05, 0) is 97.8 Å². The number of unbranched alkanes of at least 4 members (excludes halogenated alkanes) is 16. The van der Waals surface area contributed by atoms with Crippen molar-refractivity contribution < 1.29 is 19.1 Å². The summed E-state index contributed by atoms with van der Waals surface area (Å²) < 4.78 is 5.53. The Bertz CT molecular complexity index is 939. The minimum absolute atomic E-state index is 0.137. The molecule has 0 saturated carbocycles. The lowest BCUT2D eigenvalue weighted by molar-refractivity contribution is -0.165. The highest BCUT2D eigenvalue weighted by atomic mass is 16.6. The van der Waals surface area contributed by atoms with Crippen molar-refractivity contribution in [3.63, 3.8) is 0 Å². The SMILES string of the molecule is CCCCC/C=C\C/C=C\CCCCCCCC(=O)CC(N)(C(=O)CCCCCCC/C=C\C/C=C\CCCCC)C(=O)OC(C)(C)C. The van der Waals surface area contributed by atoms with Crippen molar-refractivity contribution in [3.05, 3.63) is 48.6 Å². The third-order valence-corrected chi connectivity index (χ3v) is 8.50. The zero-order valence-corrected chi connectivity index (χ0v) is 32.0. The highest BCUT2D eigenvalue weighted by Crippen LogP contribution is 2.22. The van der Waals surface area contributed by atoms with Gasteiger partial charge in [0, 0.05) is 19.3 Å². The molecule has 0 heterocycles. The predicted molar refractivity (Wildman–Crippen MR) is 206 cm³/mol. The fourth-order valence-electron chi connectivity index (χ4n) is 5.51. The van der Waals surface area contributed by atoms with E-state index in [2.05, 4.69) is 62.5 Å². The molecular formula is C43H75NO4. The van der Waals surface area contributed by atoms with E-state index in [9.17, 15) is 14.4 Å². The second-order valence-electron chi connectivity index (χ2n) is 14.6. The number of hydrogen-bond donors (Lipinski definition) is 1. The molecule has 5 heteroatoms. The van der Waals surface area contributed by atoms with E-state index < -0.39 is 17.1 Å². The van der Waals surface area contributed by atoms with Crippen LogP contribution in [0.3, 0.4) is 0 Å². The quantitative estimate of drug-likeness (QED) is 0.0333. The molecule has 0 aromatic carbocycles. The van der Waals surface area contributed by atoms with Gasteiger partial charge in [0.15, 0.2) is 11.3 Å². The van der Waals surface area contributed by atoms with Crippen molar-refractivity contribution in [2.75, 3.05) is 0 Å². The Hall–Kier alpha value is -2.27. The van der Waals surface area contributed by atoms with Crippen molar-refractivity contribution in [2.45, 2.75) is 206 Å². The Labute approximate surface area is 296 Å². The number of nitrogens with two attached hydrogens (primary N) is 1. The molecule has 0 aromatic rings. The summed E-state index contributed by atoms with van der Waals surface area (Å²) in [5.41, 5.74) is 3.75. The Morgan fingerprint density at radius 3 is 1.31 bits per heavy atom. The maximum atomic E-state index is 13.3. The van der Waals surface area contributed by atoms with Crippen molar-refractivity contribution in [3.8, 4) is 0 Å². The van der Waals surface area contributed by atoms with Gasteiger partial charge in [-0.2, -0.15) is 0 Å². The van der Waals surface area contributed by atoms with Gasteiger partial charge in [-0.1, -0.05) is 127 Å². The van der Waals surface area contributed by atoms with Crippen molar-refractivity contribution >= 4 is 17.5 Å². The fraction of sp³-hybridized carbons (Fsp3) is 0.744. The number of carbonyl (C=O) groups is 3. The normalized spacial score (nSPS) is 13.7. The molecule has 0 radical (unpaired) electrons. The van der Waals surface area contributed by atoms with Gasteiger partial charge in [-0.3, -0.25) is 9.59 Å². The second kappa shape index (κ2) is 30.8. The third-order valence-electron chi connectivity index (χ3n) is 8.50. The van der Waals surface area contributed by atoms with E-state index in [4.69, 9.17) is 10.5 Å². The Morgan fingerprint density at radius 2 is 0.896 bits per heavy atom. The Morgan fingerprint density at radius 1 is 0.521 bits per heavy atom. The van der Waals surface area contributed by atoms with E-state index >= 15 is 0 Å². The maximum Gasteiger partial charge on any atom is 0.334 e. The van der Waals surface area contributed by atoms with Crippen LogP contribution in [0, 0.1) is 0 Å². The van der Waals surface area contributed by atoms with Gasteiger partial charge in [-0.15, -0.1) is 0 Å². The number of ether oxygens (including phenoxy) is 1. The molecule has 5 nitrogen and oxygen atoms in total. The molecule has 0 aliphatic heterocycles. The third kappa shape index (κ3) is 27.7. The molecule has 0 amide bonds. The zero-order valence-electron chi connectivity index (χ0n) is 32.0. The van der Waals surface area contributed by atoms with Gasteiger partial charge in [0.1, 0.15) is 11.4 Å². The van der Waals surface area contributed by atoms with Crippen LogP contribution in [0.25, 0.3) is 0 Å². The number of rotatable bonds is 32. The van der Waals surface area contributed by atoms with Crippen LogP contribution in [-0.2, 0) is 19.1 Å². The average molecular weight is 670 g/mol. The van der Waals surface area contributed by atoms with Gasteiger partial charge in [-0.25, -0.2) is 4.79 Å². The molecule has 2 N–H and O–H groups in total. The molecular weight excluding hydrogens is 594 g/mol. The summed E-state index contributed by atoms with van der Waals surface area (Å²) in [5.74, 6) is -1.30. The summed E-state index contributed by atoms with van der Waals surface area (Å²) in [6.45, 7) is 9.71. The molecule has 0 spiro atoms. The number of carbonyl (C=O) groups excluding carboxylic acids is 3. The first-order valence-corrected chi connectivity index (χ1v) is 19.7. The summed E-state index contributed by atoms with van der Waals surface area (Å²) in [6, 6.07) is 0. The summed E-state index contributed by atoms with van der Waals surface area (Å²) in [6.07, 6.45) is 42.5. The molecule has 1 unspecified atom stereocenters. The molecule has 1 atom stereocenters. The van der Waals surface area contributed by atoms with Crippen LogP contribution < -0.4 is 5.73 Å². The number of esters is 1. The lowest BCUT2D eigenvalue weighted by Gasteiger charge is -2.30. The summed E-state index contributed by atoms with van der Waals surface area (Å²) in [7, 11) is 0. The van der Waals surface area contributed by atoms with Gasteiger partial charge in [0.05, 0.1) is 0 Å². The zero-order chi connectivity index (χ0) is 35.8. The van der Waals surface area contributed by atoms with E-state index in [0.717, 1.165) is 83.5 Å². The Kier molecular flexibility index (Phi) is 29.3. The van der Waals surface area contributed by atoms with Crippen LogP contribution in [-0.4, -0.2) is 28.7 Å². The lowest BCUT2D eigenvalue weighted by atomic mass is 9.85. The van der Waals surface area contributed by atoms with E-state index in [-0.39, 0.29) is 24.4 Å². The van der Waals surface area contributed by atoms with Crippen LogP contribution in [0.1, 0.15) is 195 Å². The van der Waals surface area contributed by atoms with Gasteiger partial charge in [0.25, 0.3) is 0 Å². The van der Waals surface area contributed by atoms with Crippen LogP contribution in [0.4, 0.5) is 0 Å². The first kappa shape index (κ1) is 45.7. The van der Waals surface area contributed by atoms with Crippen LogP contribution >= 0.6 is 0 Å². The molecule has 0 aromatic heterocycles. The largest absolute Gasteiger partial charge is 0.458 e. The Balaban J connectivity index is 4.37. The summed E-state index contributed by atoms with van der Waals surface area (Å²) >= 11 is 0. The number of Topliss-reactive ketones (excluding diaryl/α,β-unsaturated/α-hetero) is 2. The molecule has 0 fully saturated rings. The van der Waals surface area contributed by atoms with E-state index in [1.807, 2.05) is 0 Å². The van der Waals surface area contributed by atoms with Gasteiger partial charge in [0.2, 0.25) is 0 Å². The molecule has 276 valence electrons. The smallest absolute Gasteiger partial charge is 0.334 e. The summed E-state index contributed by atoms with van der Waals surface area (Å²) in [5, 5.41) is 0. The monoisotopic (exact) mass is 670 g/mol. The van der Waals surface area contributed by atoms with Crippen LogP contribution in [0.15, 0.2) is 48.6 Å². The fourth-order valence-corrected chi connectivity index (χ4v) is 5.51. The first-order chi connectivity index (χ1) is 23.1.